The molecule has 0 heterocycles. The first-order valence-electron chi connectivity index (χ1n) is 6.72. The summed E-state index contributed by atoms with van der Waals surface area (Å²) in [6, 6.07) is 3.65. The maximum Gasteiger partial charge on any atom is 0.203 e. The number of benzene rings is 1. The molecule has 0 radical (unpaired) electrons. The van der Waals surface area contributed by atoms with Gasteiger partial charge in [0.1, 0.15) is 5.75 Å². The predicted molar refractivity (Wildman–Crippen MR) is 81.7 cm³/mol. The van der Waals surface area contributed by atoms with Crippen molar-refractivity contribution in [2.45, 2.75) is 19.3 Å². The lowest BCUT2D eigenvalue weighted by atomic mass is 9.71. The van der Waals surface area contributed by atoms with E-state index in [9.17, 15) is 0 Å². The summed E-state index contributed by atoms with van der Waals surface area (Å²) in [6.45, 7) is 0.676. The zero-order valence-electron chi connectivity index (χ0n) is 12.3. The van der Waals surface area contributed by atoms with Crippen LogP contribution in [0.4, 0.5) is 0 Å². The average Bonchev–Trinajstić information content (AvgIpc) is 2.45. The molecule has 20 heavy (non-hydrogen) atoms. The molecular formula is C15H22O4S. The van der Waals surface area contributed by atoms with Crippen molar-refractivity contribution in [2.75, 3.05) is 33.7 Å². The monoisotopic (exact) mass is 298 g/mol. The Morgan fingerprint density at radius 2 is 1.65 bits per heavy atom. The number of hydrogen-bond donors (Lipinski definition) is 1. The van der Waals surface area contributed by atoms with Gasteiger partial charge in [0, 0.05) is 17.5 Å². The van der Waals surface area contributed by atoms with E-state index in [4.69, 9.17) is 18.9 Å². The van der Waals surface area contributed by atoms with Crippen LogP contribution in [0.1, 0.15) is 19.3 Å². The van der Waals surface area contributed by atoms with Crippen LogP contribution < -0.4 is 18.9 Å². The van der Waals surface area contributed by atoms with Crippen molar-refractivity contribution in [1.29, 1.82) is 0 Å². The molecule has 2 rings (SSSR count). The van der Waals surface area contributed by atoms with Gasteiger partial charge in [-0.1, -0.05) is 6.42 Å². The highest BCUT2D eigenvalue weighted by atomic mass is 32.1. The maximum absolute atomic E-state index is 5.92. The number of thiol groups is 1. The molecule has 0 N–H and O–H groups in total. The molecule has 4 nitrogen and oxygen atoms in total. The Hall–Kier alpha value is -1.23. The molecule has 1 saturated carbocycles. The third-order valence-corrected chi connectivity index (χ3v) is 4.60. The molecule has 0 unspecified atom stereocenters. The average molecular weight is 298 g/mol. The highest BCUT2D eigenvalue weighted by Crippen LogP contribution is 2.44. The Kier molecular flexibility index (Phi) is 4.91. The summed E-state index contributed by atoms with van der Waals surface area (Å²) in [5.41, 5.74) is 0.226. The minimum Gasteiger partial charge on any atom is -0.493 e. The van der Waals surface area contributed by atoms with Crippen molar-refractivity contribution in [2.24, 2.45) is 5.41 Å². The van der Waals surface area contributed by atoms with Crippen molar-refractivity contribution in [3.63, 3.8) is 0 Å². The Labute approximate surface area is 125 Å². The van der Waals surface area contributed by atoms with Gasteiger partial charge in [-0.25, -0.2) is 0 Å². The van der Waals surface area contributed by atoms with Gasteiger partial charge in [0.05, 0.1) is 27.9 Å². The first-order chi connectivity index (χ1) is 9.68. The third kappa shape index (κ3) is 2.92. The maximum atomic E-state index is 5.92. The van der Waals surface area contributed by atoms with Crippen LogP contribution in [0.25, 0.3) is 0 Å². The first kappa shape index (κ1) is 15.2. The van der Waals surface area contributed by atoms with E-state index in [0.29, 0.717) is 23.9 Å². The summed E-state index contributed by atoms with van der Waals surface area (Å²) in [5, 5.41) is 0. The lowest BCUT2D eigenvalue weighted by Gasteiger charge is -2.40. The van der Waals surface area contributed by atoms with E-state index in [2.05, 4.69) is 12.6 Å². The van der Waals surface area contributed by atoms with Gasteiger partial charge in [0.2, 0.25) is 5.75 Å². The summed E-state index contributed by atoms with van der Waals surface area (Å²) in [6.07, 6.45) is 3.63. The van der Waals surface area contributed by atoms with E-state index in [1.807, 2.05) is 12.1 Å². The van der Waals surface area contributed by atoms with Gasteiger partial charge in [-0.3, -0.25) is 0 Å². The van der Waals surface area contributed by atoms with Crippen molar-refractivity contribution in [3.05, 3.63) is 12.1 Å². The van der Waals surface area contributed by atoms with Gasteiger partial charge >= 0.3 is 0 Å². The second-order valence-corrected chi connectivity index (χ2v) is 5.48. The summed E-state index contributed by atoms with van der Waals surface area (Å²) in [7, 11) is 4.79. The minimum absolute atomic E-state index is 0.226. The number of ether oxygens (including phenoxy) is 4. The minimum atomic E-state index is 0.226. The van der Waals surface area contributed by atoms with Crippen LogP contribution in [0.5, 0.6) is 23.0 Å². The van der Waals surface area contributed by atoms with Gasteiger partial charge in [0.15, 0.2) is 11.5 Å². The van der Waals surface area contributed by atoms with E-state index < -0.39 is 0 Å². The van der Waals surface area contributed by atoms with Gasteiger partial charge in [0.25, 0.3) is 0 Å². The summed E-state index contributed by atoms with van der Waals surface area (Å²) >= 11 is 4.44. The predicted octanol–water partition coefficient (Wildman–Crippen LogP) is 3.19. The Morgan fingerprint density at radius 1 is 1.05 bits per heavy atom. The van der Waals surface area contributed by atoms with Crippen LogP contribution in [0, 0.1) is 5.41 Å². The number of hydrogen-bond acceptors (Lipinski definition) is 5. The second-order valence-electron chi connectivity index (χ2n) is 5.16. The van der Waals surface area contributed by atoms with Gasteiger partial charge in [-0.2, -0.15) is 12.6 Å². The first-order valence-corrected chi connectivity index (χ1v) is 7.35. The quantitative estimate of drug-likeness (QED) is 0.784. The molecule has 112 valence electrons. The van der Waals surface area contributed by atoms with E-state index in [1.165, 1.54) is 19.3 Å². The molecule has 0 amide bonds. The smallest absolute Gasteiger partial charge is 0.203 e. The highest BCUT2D eigenvalue weighted by Gasteiger charge is 2.36. The van der Waals surface area contributed by atoms with Gasteiger partial charge in [-0.15, -0.1) is 0 Å². The van der Waals surface area contributed by atoms with Crippen LogP contribution in [0.2, 0.25) is 0 Å². The standard InChI is InChI=1S/C15H22O4S/c1-16-12-7-11(8-13(17-2)14(12)18-3)19-9-15(10-20)5-4-6-15/h7-8,20H,4-6,9-10H2,1-3H3. The second kappa shape index (κ2) is 6.48. The zero-order valence-corrected chi connectivity index (χ0v) is 13.2. The zero-order chi connectivity index (χ0) is 14.6. The van der Waals surface area contributed by atoms with Crippen LogP contribution >= 0.6 is 12.6 Å². The van der Waals surface area contributed by atoms with Crippen molar-refractivity contribution >= 4 is 12.6 Å². The van der Waals surface area contributed by atoms with Crippen molar-refractivity contribution in [1.82, 2.24) is 0 Å². The molecule has 1 fully saturated rings. The molecule has 0 bridgehead atoms. The molecule has 0 atom stereocenters. The van der Waals surface area contributed by atoms with E-state index in [-0.39, 0.29) is 5.41 Å². The van der Waals surface area contributed by atoms with E-state index in [0.717, 1.165) is 11.5 Å². The van der Waals surface area contributed by atoms with Crippen LogP contribution in [0.15, 0.2) is 12.1 Å². The van der Waals surface area contributed by atoms with Crippen molar-refractivity contribution < 1.29 is 18.9 Å². The Balaban J connectivity index is 2.15. The van der Waals surface area contributed by atoms with Gasteiger partial charge in [-0.05, 0) is 18.6 Å². The third-order valence-electron chi connectivity index (χ3n) is 3.93. The van der Waals surface area contributed by atoms with Gasteiger partial charge < -0.3 is 18.9 Å². The SMILES string of the molecule is COc1cc(OCC2(CS)CCC2)cc(OC)c1OC. The van der Waals surface area contributed by atoms with Crippen LogP contribution in [-0.2, 0) is 0 Å². The normalized spacial score (nSPS) is 16.2. The Morgan fingerprint density at radius 3 is 2.00 bits per heavy atom. The molecule has 1 aromatic rings. The molecule has 1 aliphatic carbocycles. The molecule has 1 aromatic carbocycles. The fraction of sp³-hybridized carbons (Fsp3) is 0.600. The lowest BCUT2D eigenvalue weighted by Crippen LogP contribution is -2.37. The van der Waals surface area contributed by atoms with Crippen molar-refractivity contribution in [3.8, 4) is 23.0 Å². The summed E-state index contributed by atoms with van der Waals surface area (Å²) < 4.78 is 21.9. The molecule has 0 saturated heterocycles. The largest absolute Gasteiger partial charge is 0.493 e. The van der Waals surface area contributed by atoms with E-state index >= 15 is 0 Å². The van der Waals surface area contributed by atoms with Crippen LogP contribution in [-0.4, -0.2) is 33.7 Å². The molecule has 0 aromatic heterocycles. The highest BCUT2D eigenvalue weighted by molar-refractivity contribution is 7.80. The summed E-state index contributed by atoms with van der Waals surface area (Å²) in [5.74, 6) is 3.38. The number of methoxy groups -OCH3 is 3. The molecule has 0 aliphatic heterocycles. The summed E-state index contributed by atoms with van der Waals surface area (Å²) in [4.78, 5) is 0. The fourth-order valence-corrected chi connectivity index (χ4v) is 2.81. The molecule has 5 heteroatoms. The molecule has 0 spiro atoms. The molecular weight excluding hydrogens is 276 g/mol. The molecule has 1 aliphatic rings. The topological polar surface area (TPSA) is 36.9 Å². The number of rotatable bonds is 7. The van der Waals surface area contributed by atoms with E-state index in [1.54, 1.807) is 21.3 Å². The van der Waals surface area contributed by atoms with Crippen LogP contribution in [0.3, 0.4) is 0 Å². The lowest BCUT2D eigenvalue weighted by molar-refractivity contribution is 0.0826. The fourth-order valence-electron chi connectivity index (χ4n) is 2.40. The Bertz CT molecular complexity index is 427.